The Morgan fingerprint density at radius 1 is 1.40 bits per heavy atom. The van der Waals surface area contributed by atoms with Crippen LogP contribution in [0.1, 0.15) is 24.4 Å². The van der Waals surface area contributed by atoms with Crippen LogP contribution in [0.4, 0.5) is 0 Å². The molecule has 7 heteroatoms. The number of nitrogens with zero attached hydrogens (tertiary/aromatic N) is 1. The molecule has 0 aliphatic rings. The Morgan fingerprint density at radius 3 is 2.55 bits per heavy atom. The van der Waals surface area contributed by atoms with Crippen LogP contribution >= 0.6 is 0 Å². The zero-order valence-corrected chi connectivity index (χ0v) is 11.6. The van der Waals surface area contributed by atoms with E-state index < -0.39 is 23.8 Å². The molecule has 1 aromatic heterocycles. The van der Waals surface area contributed by atoms with Gasteiger partial charge in [-0.25, -0.2) is 0 Å². The fourth-order valence-electron chi connectivity index (χ4n) is 1.65. The topological polar surface area (TPSA) is 99.9 Å². The number of amides is 2. The van der Waals surface area contributed by atoms with Gasteiger partial charge in [0, 0.05) is 13.6 Å². The zero-order valence-electron chi connectivity index (χ0n) is 11.6. The number of hydrogen-bond acceptors (Lipinski definition) is 4. The summed E-state index contributed by atoms with van der Waals surface area (Å²) in [6, 6.07) is 2.30. The lowest BCUT2D eigenvalue weighted by atomic mass is 10.1. The van der Waals surface area contributed by atoms with Crippen molar-refractivity contribution < 1.29 is 23.9 Å². The SMILES string of the molecule is CC(CN(C)C(=O)C(C)NC(=O)c1ccco1)C(=O)O. The second-order valence-corrected chi connectivity index (χ2v) is 4.63. The molecule has 2 N–H and O–H groups in total. The van der Waals surface area contributed by atoms with Crippen molar-refractivity contribution in [2.75, 3.05) is 13.6 Å². The minimum atomic E-state index is -0.975. The van der Waals surface area contributed by atoms with Crippen molar-refractivity contribution in [1.29, 1.82) is 0 Å². The number of aliphatic carboxylic acids is 1. The van der Waals surface area contributed by atoms with Gasteiger partial charge in [-0.1, -0.05) is 6.92 Å². The van der Waals surface area contributed by atoms with Crippen LogP contribution in [-0.4, -0.2) is 47.4 Å². The van der Waals surface area contributed by atoms with E-state index in [0.29, 0.717) is 0 Å². The number of hydrogen-bond donors (Lipinski definition) is 2. The highest BCUT2D eigenvalue weighted by Crippen LogP contribution is 2.03. The first-order chi connectivity index (χ1) is 9.32. The molecule has 2 atom stereocenters. The van der Waals surface area contributed by atoms with Crippen molar-refractivity contribution in [2.24, 2.45) is 5.92 Å². The normalized spacial score (nSPS) is 13.3. The second kappa shape index (κ2) is 6.74. The highest BCUT2D eigenvalue weighted by Gasteiger charge is 2.23. The molecule has 0 aliphatic heterocycles. The van der Waals surface area contributed by atoms with Gasteiger partial charge in [-0.15, -0.1) is 0 Å². The molecular formula is C13H18N2O5. The van der Waals surface area contributed by atoms with E-state index in [4.69, 9.17) is 9.52 Å². The Morgan fingerprint density at radius 2 is 2.05 bits per heavy atom. The van der Waals surface area contributed by atoms with Crippen molar-refractivity contribution in [3.63, 3.8) is 0 Å². The molecule has 0 aliphatic carbocycles. The van der Waals surface area contributed by atoms with Crippen molar-refractivity contribution in [3.8, 4) is 0 Å². The molecule has 110 valence electrons. The number of nitrogens with one attached hydrogen (secondary N) is 1. The predicted molar refractivity (Wildman–Crippen MR) is 70.1 cm³/mol. The van der Waals surface area contributed by atoms with Gasteiger partial charge in [0.1, 0.15) is 6.04 Å². The number of rotatable bonds is 6. The maximum Gasteiger partial charge on any atom is 0.308 e. The third-order valence-electron chi connectivity index (χ3n) is 2.81. The standard InChI is InChI=1S/C13H18N2O5/c1-8(13(18)19)7-15(3)12(17)9(2)14-11(16)10-5-4-6-20-10/h4-6,8-9H,7H2,1-3H3,(H,14,16)(H,18,19). The highest BCUT2D eigenvalue weighted by atomic mass is 16.4. The summed E-state index contributed by atoms with van der Waals surface area (Å²) in [5.41, 5.74) is 0. The van der Waals surface area contributed by atoms with Gasteiger partial charge in [0.25, 0.3) is 5.91 Å². The summed E-state index contributed by atoms with van der Waals surface area (Å²) in [5, 5.41) is 11.3. The lowest BCUT2D eigenvalue weighted by Crippen LogP contribution is -2.47. The summed E-state index contributed by atoms with van der Waals surface area (Å²) < 4.78 is 4.92. The smallest absolute Gasteiger partial charge is 0.308 e. The minimum Gasteiger partial charge on any atom is -0.481 e. The minimum absolute atomic E-state index is 0.0785. The molecule has 0 saturated carbocycles. The summed E-state index contributed by atoms with van der Waals surface area (Å²) >= 11 is 0. The first-order valence-electron chi connectivity index (χ1n) is 6.15. The molecule has 0 saturated heterocycles. The third-order valence-corrected chi connectivity index (χ3v) is 2.81. The van der Waals surface area contributed by atoms with Gasteiger partial charge in [-0.05, 0) is 19.1 Å². The van der Waals surface area contributed by atoms with Crippen LogP contribution in [0.2, 0.25) is 0 Å². The van der Waals surface area contributed by atoms with Crippen LogP contribution in [0.5, 0.6) is 0 Å². The quantitative estimate of drug-likeness (QED) is 0.795. The number of carbonyl (C=O) groups is 3. The molecule has 1 rings (SSSR count). The van der Waals surface area contributed by atoms with E-state index in [0.717, 1.165) is 0 Å². The average molecular weight is 282 g/mol. The molecule has 0 bridgehead atoms. The van der Waals surface area contributed by atoms with Gasteiger partial charge in [-0.2, -0.15) is 0 Å². The second-order valence-electron chi connectivity index (χ2n) is 4.63. The number of furan rings is 1. The third kappa shape index (κ3) is 4.11. The summed E-state index contributed by atoms with van der Waals surface area (Å²) in [4.78, 5) is 35.7. The van der Waals surface area contributed by atoms with Gasteiger partial charge in [-0.3, -0.25) is 14.4 Å². The van der Waals surface area contributed by atoms with Crippen molar-refractivity contribution in [3.05, 3.63) is 24.2 Å². The molecule has 20 heavy (non-hydrogen) atoms. The maximum atomic E-state index is 12.0. The Hall–Kier alpha value is -2.31. The molecule has 0 aromatic carbocycles. The van der Waals surface area contributed by atoms with E-state index in [1.165, 1.54) is 38.1 Å². The molecule has 1 heterocycles. The van der Waals surface area contributed by atoms with Gasteiger partial charge >= 0.3 is 5.97 Å². The van der Waals surface area contributed by atoms with Crippen LogP contribution in [0.15, 0.2) is 22.8 Å². The molecule has 7 nitrogen and oxygen atoms in total. The summed E-state index contributed by atoms with van der Waals surface area (Å²) in [5.74, 6) is -2.38. The Kier molecular flexibility index (Phi) is 5.31. The first-order valence-corrected chi connectivity index (χ1v) is 6.15. The Balaban J connectivity index is 2.54. The van der Waals surface area contributed by atoms with E-state index in [1.807, 2.05) is 0 Å². The van der Waals surface area contributed by atoms with E-state index in [2.05, 4.69) is 5.32 Å². The lowest BCUT2D eigenvalue weighted by molar-refractivity contribution is -0.142. The highest BCUT2D eigenvalue weighted by molar-refractivity contribution is 5.95. The van der Waals surface area contributed by atoms with Crippen LogP contribution in [0.25, 0.3) is 0 Å². The van der Waals surface area contributed by atoms with Crippen molar-refractivity contribution >= 4 is 17.8 Å². The summed E-state index contributed by atoms with van der Waals surface area (Å²) in [6.07, 6.45) is 1.36. The largest absolute Gasteiger partial charge is 0.481 e. The van der Waals surface area contributed by atoms with Gasteiger partial charge in [0.05, 0.1) is 12.2 Å². The average Bonchev–Trinajstić information content (AvgIpc) is 2.91. The molecule has 0 spiro atoms. The van der Waals surface area contributed by atoms with Crippen LogP contribution in [0.3, 0.4) is 0 Å². The van der Waals surface area contributed by atoms with E-state index in [1.54, 1.807) is 6.07 Å². The van der Waals surface area contributed by atoms with Crippen molar-refractivity contribution in [1.82, 2.24) is 10.2 Å². The van der Waals surface area contributed by atoms with E-state index >= 15 is 0 Å². The Bertz CT molecular complexity index is 483. The van der Waals surface area contributed by atoms with Crippen LogP contribution in [0, 0.1) is 5.92 Å². The van der Waals surface area contributed by atoms with E-state index in [9.17, 15) is 14.4 Å². The fourth-order valence-corrected chi connectivity index (χ4v) is 1.65. The van der Waals surface area contributed by atoms with Crippen molar-refractivity contribution in [2.45, 2.75) is 19.9 Å². The molecule has 0 radical (unpaired) electrons. The number of likely N-dealkylation sites (N-methyl/N-ethyl adjacent to an activating group) is 1. The molecule has 2 amide bonds. The number of carboxylic acid groups (broad SMARTS) is 1. The fraction of sp³-hybridized carbons (Fsp3) is 0.462. The zero-order chi connectivity index (χ0) is 15.3. The van der Waals surface area contributed by atoms with E-state index in [-0.39, 0.29) is 18.2 Å². The molecular weight excluding hydrogens is 264 g/mol. The van der Waals surface area contributed by atoms with Gasteiger partial charge in [0.15, 0.2) is 5.76 Å². The number of carbonyl (C=O) groups excluding carboxylic acids is 2. The lowest BCUT2D eigenvalue weighted by Gasteiger charge is -2.23. The summed E-state index contributed by atoms with van der Waals surface area (Å²) in [7, 11) is 1.50. The number of carboxylic acids is 1. The van der Waals surface area contributed by atoms with Gasteiger partial charge < -0.3 is 19.7 Å². The van der Waals surface area contributed by atoms with Gasteiger partial charge in [0.2, 0.25) is 5.91 Å². The van der Waals surface area contributed by atoms with Crippen LogP contribution in [-0.2, 0) is 9.59 Å². The molecule has 1 aromatic rings. The maximum absolute atomic E-state index is 12.0. The first kappa shape index (κ1) is 15.7. The predicted octanol–water partition coefficient (Wildman–Crippen LogP) is 0.577. The molecule has 0 fully saturated rings. The molecule has 2 unspecified atom stereocenters. The Labute approximate surface area is 116 Å². The van der Waals surface area contributed by atoms with Crippen LogP contribution < -0.4 is 5.32 Å². The summed E-state index contributed by atoms with van der Waals surface area (Å²) in [6.45, 7) is 3.12. The monoisotopic (exact) mass is 282 g/mol.